The first-order valence-electron chi connectivity index (χ1n) is 13.0. The molecule has 43 heavy (non-hydrogen) atoms. The summed E-state index contributed by atoms with van der Waals surface area (Å²) < 4.78 is 72.1. The first-order chi connectivity index (χ1) is 20.3. The van der Waals surface area contributed by atoms with E-state index >= 15 is 0 Å². The highest BCUT2D eigenvalue weighted by Crippen LogP contribution is 2.39. The Labute approximate surface area is 252 Å². The van der Waals surface area contributed by atoms with E-state index in [0.29, 0.717) is 6.07 Å². The molecule has 1 aliphatic rings. The van der Waals surface area contributed by atoms with Crippen LogP contribution in [-0.4, -0.2) is 50.2 Å². The van der Waals surface area contributed by atoms with Gasteiger partial charge in [-0.2, -0.15) is 18.3 Å². The molecule has 0 saturated heterocycles. The largest absolute Gasteiger partial charge is 0.433 e. The van der Waals surface area contributed by atoms with Gasteiger partial charge in [-0.25, -0.2) is 14.3 Å². The van der Waals surface area contributed by atoms with Gasteiger partial charge in [0.05, 0.1) is 47.6 Å². The molecule has 1 saturated carbocycles. The van der Waals surface area contributed by atoms with Crippen molar-refractivity contribution in [1.29, 1.82) is 0 Å². The maximum Gasteiger partial charge on any atom is 0.433 e. The molecular formula is C27H26Cl2F5N5O4. The summed E-state index contributed by atoms with van der Waals surface area (Å²) in [5.41, 5.74) is -0.0623. The summed E-state index contributed by atoms with van der Waals surface area (Å²) in [6, 6.07) is 1.65. The van der Waals surface area contributed by atoms with E-state index in [1.54, 1.807) is 0 Å². The number of hydrogen-bond donors (Lipinski definition) is 2. The highest BCUT2D eigenvalue weighted by molar-refractivity contribution is 6.35. The maximum atomic E-state index is 14.5. The molecule has 1 fully saturated rings. The number of rotatable bonds is 9. The van der Waals surface area contributed by atoms with Crippen LogP contribution in [-0.2, 0) is 22.4 Å². The van der Waals surface area contributed by atoms with Gasteiger partial charge >= 0.3 is 6.18 Å². The van der Waals surface area contributed by atoms with Crippen molar-refractivity contribution < 1.29 is 41.5 Å². The van der Waals surface area contributed by atoms with E-state index in [9.17, 15) is 36.6 Å². The van der Waals surface area contributed by atoms with Crippen molar-refractivity contribution in [3.05, 3.63) is 80.9 Å². The number of pyridine rings is 1. The fourth-order valence-electron chi connectivity index (χ4n) is 5.20. The van der Waals surface area contributed by atoms with E-state index in [1.807, 2.05) is 0 Å². The number of benzene rings is 1. The lowest BCUT2D eigenvalue weighted by Crippen LogP contribution is -2.36. The average Bonchev–Trinajstić information content (AvgIpc) is 3.38. The molecule has 0 bridgehead atoms. The number of aliphatic hydroxyl groups is 1. The lowest BCUT2D eigenvalue weighted by Gasteiger charge is -2.30. The summed E-state index contributed by atoms with van der Waals surface area (Å²) in [5.74, 6) is -4.00. The Morgan fingerprint density at radius 1 is 1.09 bits per heavy atom. The molecule has 1 atom stereocenters. The molecule has 9 nitrogen and oxygen atoms in total. The van der Waals surface area contributed by atoms with Gasteiger partial charge in [0.25, 0.3) is 5.91 Å². The van der Waals surface area contributed by atoms with Crippen molar-refractivity contribution in [2.45, 2.75) is 50.6 Å². The minimum Gasteiger partial charge on any atom is -0.386 e. The van der Waals surface area contributed by atoms with Crippen molar-refractivity contribution in [3.63, 3.8) is 0 Å². The lowest BCUT2D eigenvalue weighted by atomic mass is 9.85. The van der Waals surface area contributed by atoms with E-state index in [2.05, 4.69) is 20.4 Å². The minimum atomic E-state index is -5.03. The Hall–Kier alpha value is -3.33. The van der Waals surface area contributed by atoms with Crippen LogP contribution in [0.4, 0.5) is 22.0 Å². The van der Waals surface area contributed by atoms with Gasteiger partial charge in [-0.15, -0.1) is 0 Å². The molecule has 0 aliphatic heterocycles. The van der Waals surface area contributed by atoms with E-state index in [1.165, 1.54) is 19.5 Å². The van der Waals surface area contributed by atoms with E-state index in [-0.39, 0.29) is 52.8 Å². The molecule has 3 aromatic rings. The number of aromatic nitrogens is 3. The molecule has 2 amide bonds. The van der Waals surface area contributed by atoms with Gasteiger partial charge < -0.3 is 10.0 Å². The Bertz CT molecular complexity index is 1440. The summed E-state index contributed by atoms with van der Waals surface area (Å²) in [5, 5.41) is 14.7. The number of carbonyl (C=O) groups is 2. The van der Waals surface area contributed by atoms with Gasteiger partial charge in [-0.3, -0.25) is 24.1 Å². The van der Waals surface area contributed by atoms with E-state index in [0.717, 1.165) is 27.9 Å². The highest BCUT2D eigenvalue weighted by Gasteiger charge is 2.43. The zero-order valence-corrected chi connectivity index (χ0v) is 24.1. The summed E-state index contributed by atoms with van der Waals surface area (Å²) >= 11 is 12.2. The number of hydrogen-bond acceptors (Lipinski definition) is 6. The summed E-state index contributed by atoms with van der Waals surface area (Å²) in [4.78, 5) is 35.1. The van der Waals surface area contributed by atoms with Gasteiger partial charge in [-0.1, -0.05) is 23.2 Å². The van der Waals surface area contributed by atoms with Crippen LogP contribution in [0.25, 0.3) is 0 Å². The third-order valence-electron chi connectivity index (χ3n) is 7.11. The Balaban J connectivity index is 1.69. The van der Waals surface area contributed by atoms with Crippen LogP contribution in [0.2, 0.25) is 10.0 Å². The van der Waals surface area contributed by atoms with Crippen LogP contribution in [0.3, 0.4) is 0 Å². The van der Waals surface area contributed by atoms with Crippen LogP contribution in [0.5, 0.6) is 0 Å². The second-order valence-electron chi connectivity index (χ2n) is 10.0. The fraction of sp³-hybridized carbons (Fsp3) is 0.407. The smallest absolute Gasteiger partial charge is 0.386 e. The molecule has 16 heteroatoms. The third kappa shape index (κ3) is 7.61. The molecule has 2 N–H and O–H groups in total. The molecule has 232 valence electrons. The quantitative estimate of drug-likeness (QED) is 0.228. The Morgan fingerprint density at radius 3 is 2.26 bits per heavy atom. The number of nitrogens with one attached hydrogen (secondary N) is 1. The zero-order valence-electron chi connectivity index (χ0n) is 22.5. The van der Waals surface area contributed by atoms with Crippen LogP contribution in [0.15, 0.2) is 36.8 Å². The molecular weight excluding hydrogens is 624 g/mol. The van der Waals surface area contributed by atoms with Crippen LogP contribution in [0, 0.1) is 17.6 Å². The second kappa shape index (κ2) is 13.5. The van der Waals surface area contributed by atoms with Crippen molar-refractivity contribution in [2.24, 2.45) is 5.92 Å². The molecule has 1 aromatic carbocycles. The number of nitrogens with zero attached hydrogens (tertiary/aromatic N) is 4. The summed E-state index contributed by atoms with van der Waals surface area (Å²) in [7, 11) is 1.27. The number of carbonyl (C=O) groups excluding carboxylic acids is 2. The minimum absolute atomic E-state index is 0.0393. The van der Waals surface area contributed by atoms with E-state index < -0.39 is 66.1 Å². The number of hydroxylamine groups is 1. The number of alkyl halides is 3. The Kier molecular flexibility index (Phi) is 10.3. The molecule has 1 aliphatic carbocycles. The van der Waals surface area contributed by atoms with Crippen LogP contribution >= 0.6 is 23.2 Å². The molecule has 0 radical (unpaired) electrons. The summed E-state index contributed by atoms with van der Waals surface area (Å²) in [6.07, 6.45) is -2.64. The Morgan fingerprint density at radius 2 is 1.70 bits per heavy atom. The van der Waals surface area contributed by atoms with Crippen molar-refractivity contribution in [3.8, 4) is 0 Å². The predicted octanol–water partition coefficient (Wildman–Crippen LogP) is 5.67. The third-order valence-corrected chi connectivity index (χ3v) is 7.71. The first kappa shape index (κ1) is 32.6. The monoisotopic (exact) mass is 649 g/mol. The van der Waals surface area contributed by atoms with Crippen molar-refractivity contribution in [2.75, 3.05) is 13.7 Å². The second-order valence-corrected chi connectivity index (χ2v) is 10.8. The maximum absolute atomic E-state index is 14.5. The standard InChI is InChI=1S/C27H26Cl2F5N5O4/c1-43-37-25(41)15-2-4-18(5-3-15)39-24(27(32,33)34)19(9-36-39)26(42)38(12-14-6-16(30)8-17(31)7-14)13-22(40)23-20(28)10-35-11-21(23)29/h6-11,15,18,22,40H,2-5,12-13H2,1H3,(H,37,41). The SMILES string of the molecule is CONC(=O)C1CCC(n2ncc(C(=O)N(Cc3cc(F)cc(F)c3)CC(O)c3c(Cl)cncc3Cl)c2C(F)(F)F)CC1. The van der Waals surface area contributed by atoms with Crippen molar-refractivity contribution >= 4 is 35.0 Å². The van der Waals surface area contributed by atoms with Crippen molar-refractivity contribution in [1.82, 2.24) is 25.1 Å². The van der Waals surface area contributed by atoms with Gasteiger partial charge in [0, 0.05) is 36.5 Å². The normalized spacial score (nSPS) is 17.9. The van der Waals surface area contributed by atoms with Gasteiger partial charge in [0.1, 0.15) is 11.6 Å². The topological polar surface area (TPSA) is 110 Å². The van der Waals surface area contributed by atoms with Gasteiger partial charge in [0.2, 0.25) is 5.91 Å². The number of amides is 2. The van der Waals surface area contributed by atoms with Crippen LogP contribution < -0.4 is 5.48 Å². The molecule has 2 aromatic heterocycles. The summed E-state index contributed by atoms with van der Waals surface area (Å²) in [6.45, 7) is -1.23. The molecule has 2 heterocycles. The molecule has 4 rings (SSSR count). The first-order valence-corrected chi connectivity index (χ1v) is 13.7. The van der Waals surface area contributed by atoms with E-state index in [4.69, 9.17) is 23.2 Å². The number of aliphatic hydroxyl groups excluding tert-OH is 1. The molecule has 1 unspecified atom stereocenters. The predicted molar refractivity (Wildman–Crippen MR) is 144 cm³/mol. The highest BCUT2D eigenvalue weighted by atomic mass is 35.5. The average molecular weight is 650 g/mol. The van der Waals surface area contributed by atoms with Gasteiger partial charge in [-0.05, 0) is 43.4 Å². The zero-order chi connectivity index (χ0) is 31.5. The molecule has 0 spiro atoms. The van der Waals surface area contributed by atoms with Gasteiger partial charge in [0.15, 0.2) is 5.69 Å². The van der Waals surface area contributed by atoms with Crippen LogP contribution in [0.1, 0.15) is 65.0 Å². The number of halogens is 7. The fourth-order valence-corrected chi connectivity index (χ4v) is 5.81. The lowest BCUT2D eigenvalue weighted by molar-refractivity contribution is -0.146.